The minimum atomic E-state index is -0.890. The summed E-state index contributed by atoms with van der Waals surface area (Å²) in [6, 6.07) is -0.177. The summed E-state index contributed by atoms with van der Waals surface area (Å²) in [6.45, 7) is 6.35. The Morgan fingerprint density at radius 2 is 2.13 bits per heavy atom. The fourth-order valence-electron chi connectivity index (χ4n) is 1.47. The second kappa shape index (κ2) is 4.79. The summed E-state index contributed by atoms with van der Waals surface area (Å²) in [4.78, 5) is 11.4. The lowest BCUT2D eigenvalue weighted by Gasteiger charge is -2.28. The lowest BCUT2D eigenvalue weighted by Crippen LogP contribution is -2.50. The quantitative estimate of drug-likeness (QED) is 0.695. The van der Waals surface area contributed by atoms with Gasteiger partial charge in [-0.3, -0.25) is 0 Å². The van der Waals surface area contributed by atoms with E-state index >= 15 is 0 Å². The van der Waals surface area contributed by atoms with Gasteiger partial charge in [0, 0.05) is 25.6 Å². The second-order valence-electron chi connectivity index (χ2n) is 4.83. The maximum atomic E-state index is 13.0. The van der Waals surface area contributed by atoms with Crippen LogP contribution in [-0.4, -0.2) is 37.0 Å². The first kappa shape index (κ1) is 12.2. The fraction of sp³-hybridized carbons (Fsp3) is 0.900. The molecule has 1 amide bonds. The van der Waals surface area contributed by atoms with Crippen molar-refractivity contribution >= 4 is 6.09 Å². The first-order valence-corrected chi connectivity index (χ1v) is 5.21. The van der Waals surface area contributed by atoms with E-state index in [0.717, 1.165) is 0 Å². The van der Waals surface area contributed by atoms with E-state index in [2.05, 4.69) is 10.6 Å². The van der Waals surface area contributed by atoms with Gasteiger partial charge in [0.05, 0.1) is 0 Å². The number of carbonyl (C=O) groups excluding carboxylic acids is 1. The number of amides is 1. The highest BCUT2D eigenvalue weighted by Crippen LogP contribution is 2.09. The molecule has 4 nitrogen and oxygen atoms in total. The SMILES string of the molecule is CC(C)(C)OC(=O)NC1CNC[C@@H](F)C1. The Bertz CT molecular complexity index is 228. The molecule has 2 N–H and O–H groups in total. The molecule has 0 radical (unpaired) electrons. The van der Waals surface area contributed by atoms with Gasteiger partial charge in [-0.1, -0.05) is 0 Å². The minimum absolute atomic E-state index is 0.177. The summed E-state index contributed by atoms with van der Waals surface area (Å²) in [6.07, 6.45) is -1.02. The number of nitrogens with one attached hydrogen (secondary N) is 2. The summed E-state index contributed by atoms with van der Waals surface area (Å²) in [5.74, 6) is 0. The zero-order valence-corrected chi connectivity index (χ0v) is 9.47. The van der Waals surface area contributed by atoms with E-state index in [1.807, 2.05) is 0 Å². The summed E-state index contributed by atoms with van der Waals surface area (Å²) in [7, 11) is 0. The van der Waals surface area contributed by atoms with Gasteiger partial charge in [0.25, 0.3) is 0 Å². The first-order chi connectivity index (χ1) is 6.87. The van der Waals surface area contributed by atoms with Gasteiger partial charge in [-0.15, -0.1) is 0 Å². The van der Waals surface area contributed by atoms with Crippen LogP contribution in [0.1, 0.15) is 27.2 Å². The molecule has 0 aromatic heterocycles. The van der Waals surface area contributed by atoms with Crippen molar-refractivity contribution in [2.24, 2.45) is 0 Å². The molecular formula is C10H19FN2O2. The molecule has 1 saturated heterocycles. The van der Waals surface area contributed by atoms with Crippen LogP contribution in [0.5, 0.6) is 0 Å². The van der Waals surface area contributed by atoms with E-state index in [4.69, 9.17) is 4.74 Å². The maximum absolute atomic E-state index is 13.0. The van der Waals surface area contributed by atoms with Crippen LogP contribution in [0, 0.1) is 0 Å². The van der Waals surface area contributed by atoms with Crippen molar-refractivity contribution in [3.63, 3.8) is 0 Å². The molecule has 1 heterocycles. The van der Waals surface area contributed by atoms with Gasteiger partial charge in [0.15, 0.2) is 0 Å². The van der Waals surface area contributed by atoms with Crippen LogP contribution in [0.3, 0.4) is 0 Å². The lowest BCUT2D eigenvalue weighted by molar-refractivity contribution is 0.0486. The standard InChI is InChI=1S/C10H19FN2O2/c1-10(2,3)15-9(14)13-8-4-7(11)5-12-6-8/h7-8,12H,4-6H2,1-3H3,(H,13,14)/t7-,8?/m0/s1. The summed E-state index contributed by atoms with van der Waals surface area (Å²) in [5, 5.41) is 5.55. The molecule has 1 rings (SSSR count). The molecule has 0 aromatic rings. The Morgan fingerprint density at radius 3 is 2.67 bits per heavy atom. The summed E-state index contributed by atoms with van der Waals surface area (Å²) in [5.41, 5.74) is -0.513. The molecule has 2 atom stereocenters. The molecule has 15 heavy (non-hydrogen) atoms. The van der Waals surface area contributed by atoms with E-state index < -0.39 is 17.9 Å². The Morgan fingerprint density at radius 1 is 1.47 bits per heavy atom. The Balaban J connectivity index is 2.31. The Kier molecular flexibility index (Phi) is 3.90. The zero-order valence-electron chi connectivity index (χ0n) is 9.47. The Hall–Kier alpha value is -0.840. The molecule has 0 aromatic carbocycles. The largest absolute Gasteiger partial charge is 0.444 e. The van der Waals surface area contributed by atoms with Gasteiger partial charge in [0.1, 0.15) is 11.8 Å². The molecule has 1 unspecified atom stereocenters. The van der Waals surface area contributed by atoms with Crippen LogP contribution in [0.15, 0.2) is 0 Å². The van der Waals surface area contributed by atoms with Crippen LogP contribution in [0.4, 0.5) is 9.18 Å². The Labute approximate surface area is 89.6 Å². The molecule has 1 aliphatic heterocycles. The number of carbonyl (C=O) groups is 1. The van der Waals surface area contributed by atoms with E-state index in [-0.39, 0.29) is 6.04 Å². The second-order valence-corrected chi connectivity index (χ2v) is 4.83. The third kappa shape index (κ3) is 4.97. The van der Waals surface area contributed by atoms with Crippen molar-refractivity contribution in [2.75, 3.05) is 13.1 Å². The molecule has 1 fully saturated rings. The average molecular weight is 218 g/mol. The van der Waals surface area contributed by atoms with Gasteiger partial charge < -0.3 is 15.4 Å². The third-order valence-corrected chi connectivity index (χ3v) is 2.02. The smallest absolute Gasteiger partial charge is 0.407 e. The van der Waals surface area contributed by atoms with E-state index in [0.29, 0.717) is 19.5 Å². The number of hydrogen-bond donors (Lipinski definition) is 2. The molecule has 1 aliphatic rings. The highest BCUT2D eigenvalue weighted by molar-refractivity contribution is 5.68. The van der Waals surface area contributed by atoms with Crippen LogP contribution in [0.25, 0.3) is 0 Å². The number of alkyl halides is 1. The van der Waals surface area contributed by atoms with E-state index in [1.54, 1.807) is 20.8 Å². The first-order valence-electron chi connectivity index (χ1n) is 5.21. The number of halogens is 1. The monoisotopic (exact) mass is 218 g/mol. The predicted octanol–water partition coefficient (Wildman–Crippen LogP) is 1.21. The topological polar surface area (TPSA) is 50.4 Å². The molecule has 0 spiro atoms. The molecule has 5 heteroatoms. The highest BCUT2D eigenvalue weighted by Gasteiger charge is 2.24. The van der Waals surface area contributed by atoms with Crippen molar-refractivity contribution < 1.29 is 13.9 Å². The van der Waals surface area contributed by atoms with Crippen LogP contribution >= 0.6 is 0 Å². The van der Waals surface area contributed by atoms with E-state index in [9.17, 15) is 9.18 Å². The van der Waals surface area contributed by atoms with Gasteiger partial charge in [-0.2, -0.15) is 0 Å². The van der Waals surface area contributed by atoms with Crippen LogP contribution in [-0.2, 0) is 4.74 Å². The van der Waals surface area contributed by atoms with Gasteiger partial charge in [-0.25, -0.2) is 9.18 Å². The summed E-state index contributed by atoms with van der Waals surface area (Å²) >= 11 is 0. The van der Waals surface area contributed by atoms with Gasteiger partial charge in [-0.05, 0) is 20.8 Å². The predicted molar refractivity (Wildman–Crippen MR) is 55.5 cm³/mol. The molecule has 88 valence electrons. The van der Waals surface area contributed by atoms with Crippen molar-refractivity contribution in [3.8, 4) is 0 Å². The van der Waals surface area contributed by atoms with Crippen molar-refractivity contribution in [1.29, 1.82) is 0 Å². The van der Waals surface area contributed by atoms with Crippen LogP contribution < -0.4 is 10.6 Å². The fourth-order valence-corrected chi connectivity index (χ4v) is 1.47. The van der Waals surface area contributed by atoms with Crippen molar-refractivity contribution in [2.45, 2.75) is 45.0 Å². The summed E-state index contributed by atoms with van der Waals surface area (Å²) < 4.78 is 18.0. The number of piperidine rings is 1. The van der Waals surface area contributed by atoms with Crippen LogP contribution in [0.2, 0.25) is 0 Å². The molecular weight excluding hydrogens is 199 g/mol. The molecule has 0 aliphatic carbocycles. The van der Waals surface area contributed by atoms with Gasteiger partial charge in [0.2, 0.25) is 0 Å². The van der Waals surface area contributed by atoms with E-state index in [1.165, 1.54) is 0 Å². The average Bonchev–Trinajstić information content (AvgIpc) is 1.99. The number of alkyl carbamates (subject to hydrolysis) is 1. The van der Waals surface area contributed by atoms with Crippen molar-refractivity contribution in [3.05, 3.63) is 0 Å². The molecule has 0 saturated carbocycles. The number of ether oxygens (including phenoxy) is 1. The lowest BCUT2D eigenvalue weighted by atomic mass is 10.1. The number of hydrogen-bond acceptors (Lipinski definition) is 3. The zero-order chi connectivity index (χ0) is 11.5. The highest BCUT2D eigenvalue weighted by atomic mass is 19.1. The minimum Gasteiger partial charge on any atom is -0.444 e. The third-order valence-electron chi connectivity index (χ3n) is 2.02. The normalized spacial score (nSPS) is 27.2. The maximum Gasteiger partial charge on any atom is 0.407 e. The van der Waals surface area contributed by atoms with Crippen molar-refractivity contribution in [1.82, 2.24) is 10.6 Å². The molecule has 0 bridgehead atoms. The van der Waals surface area contributed by atoms with Gasteiger partial charge >= 0.3 is 6.09 Å². The number of rotatable bonds is 1.